The van der Waals surface area contributed by atoms with E-state index in [1.807, 2.05) is 43.4 Å². The zero-order valence-corrected chi connectivity index (χ0v) is 12.8. The van der Waals surface area contributed by atoms with E-state index in [2.05, 4.69) is 26.2 Å². The maximum Gasteiger partial charge on any atom is 0.126 e. The third kappa shape index (κ3) is 4.20. The molecule has 0 radical (unpaired) electrons. The summed E-state index contributed by atoms with van der Waals surface area (Å²) in [5.41, 5.74) is 1.85. The molecular formula is C14H14BrClN2O. The number of ether oxygens (including phenoxy) is 1. The minimum atomic E-state index is 0.390. The van der Waals surface area contributed by atoms with Gasteiger partial charge in [-0.1, -0.05) is 39.7 Å². The average molecular weight is 342 g/mol. The Morgan fingerprint density at radius 3 is 2.84 bits per heavy atom. The maximum absolute atomic E-state index is 6.08. The second-order valence-electron chi connectivity index (χ2n) is 4.00. The molecule has 0 aliphatic heterocycles. The largest absolute Gasteiger partial charge is 0.373 e. The van der Waals surface area contributed by atoms with Crippen LogP contribution in [0.25, 0.3) is 0 Å². The molecule has 0 fully saturated rings. The van der Waals surface area contributed by atoms with Gasteiger partial charge in [0.25, 0.3) is 0 Å². The summed E-state index contributed by atoms with van der Waals surface area (Å²) in [6, 6.07) is 11.7. The van der Waals surface area contributed by atoms with Gasteiger partial charge in [-0.2, -0.15) is 0 Å². The first-order valence-corrected chi connectivity index (χ1v) is 7.01. The molecule has 0 saturated carbocycles. The number of halogens is 2. The molecule has 19 heavy (non-hydrogen) atoms. The van der Waals surface area contributed by atoms with Crippen molar-refractivity contribution in [3.63, 3.8) is 0 Å². The van der Waals surface area contributed by atoms with Crippen molar-refractivity contribution in [2.45, 2.75) is 13.2 Å². The van der Waals surface area contributed by atoms with Gasteiger partial charge in [-0.25, -0.2) is 4.98 Å². The monoisotopic (exact) mass is 340 g/mol. The summed E-state index contributed by atoms with van der Waals surface area (Å²) in [5.74, 6) is 0.783. The molecule has 0 aliphatic carbocycles. The van der Waals surface area contributed by atoms with Gasteiger partial charge in [-0.3, -0.25) is 0 Å². The van der Waals surface area contributed by atoms with E-state index in [1.165, 1.54) is 0 Å². The summed E-state index contributed by atoms with van der Waals surface area (Å²) < 4.78 is 6.69. The summed E-state index contributed by atoms with van der Waals surface area (Å²) in [4.78, 5) is 4.36. The highest BCUT2D eigenvalue weighted by Crippen LogP contribution is 2.18. The normalized spacial score (nSPS) is 10.5. The molecule has 0 atom stereocenters. The SMILES string of the molecule is CNc1ccc(Cl)c(COCc2cccc(Br)c2)n1. The first kappa shape index (κ1) is 14.3. The second kappa shape index (κ2) is 6.89. The molecule has 0 spiro atoms. The summed E-state index contributed by atoms with van der Waals surface area (Å²) in [6.45, 7) is 0.919. The zero-order valence-electron chi connectivity index (χ0n) is 10.5. The van der Waals surface area contributed by atoms with Crippen molar-refractivity contribution in [1.29, 1.82) is 0 Å². The van der Waals surface area contributed by atoms with Crippen molar-refractivity contribution in [3.05, 3.63) is 57.2 Å². The van der Waals surface area contributed by atoms with Crippen molar-refractivity contribution in [1.82, 2.24) is 4.98 Å². The van der Waals surface area contributed by atoms with E-state index in [4.69, 9.17) is 16.3 Å². The molecule has 3 nitrogen and oxygen atoms in total. The molecule has 0 saturated heterocycles. The number of hydrogen-bond donors (Lipinski definition) is 1. The Bertz CT molecular complexity index is 563. The maximum atomic E-state index is 6.08. The van der Waals surface area contributed by atoms with E-state index in [0.29, 0.717) is 18.2 Å². The van der Waals surface area contributed by atoms with Gasteiger partial charge in [-0.05, 0) is 29.8 Å². The van der Waals surface area contributed by atoms with Crippen molar-refractivity contribution >= 4 is 33.3 Å². The topological polar surface area (TPSA) is 34.1 Å². The van der Waals surface area contributed by atoms with E-state index < -0.39 is 0 Å². The van der Waals surface area contributed by atoms with Crippen LogP contribution in [0.15, 0.2) is 40.9 Å². The van der Waals surface area contributed by atoms with Gasteiger partial charge >= 0.3 is 0 Å². The van der Waals surface area contributed by atoms with Gasteiger partial charge in [-0.15, -0.1) is 0 Å². The van der Waals surface area contributed by atoms with Crippen LogP contribution in [-0.2, 0) is 18.0 Å². The number of aromatic nitrogens is 1. The van der Waals surface area contributed by atoms with Crippen molar-refractivity contribution in [3.8, 4) is 0 Å². The Hall–Kier alpha value is -1.10. The summed E-state index contributed by atoms with van der Waals surface area (Å²) in [5, 5.41) is 3.60. The fraction of sp³-hybridized carbons (Fsp3) is 0.214. The molecule has 2 aromatic rings. The number of hydrogen-bond acceptors (Lipinski definition) is 3. The molecule has 0 aliphatic rings. The molecule has 1 aromatic carbocycles. The Morgan fingerprint density at radius 2 is 2.11 bits per heavy atom. The lowest BCUT2D eigenvalue weighted by Gasteiger charge is -2.08. The number of benzene rings is 1. The lowest BCUT2D eigenvalue weighted by atomic mass is 10.2. The molecule has 5 heteroatoms. The van der Waals surface area contributed by atoms with Gasteiger partial charge in [0.15, 0.2) is 0 Å². The molecule has 0 unspecified atom stereocenters. The average Bonchev–Trinajstić information content (AvgIpc) is 2.41. The Labute approximate surface area is 126 Å². The van der Waals surface area contributed by atoms with Crippen molar-refractivity contribution < 1.29 is 4.74 Å². The highest BCUT2D eigenvalue weighted by molar-refractivity contribution is 9.10. The number of nitrogens with zero attached hydrogens (tertiary/aromatic N) is 1. The van der Waals surface area contributed by atoms with Crippen LogP contribution < -0.4 is 5.32 Å². The molecule has 0 bridgehead atoms. The van der Waals surface area contributed by atoms with Crippen LogP contribution in [0, 0.1) is 0 Å². The van der Waals surface area contributed by atoms with Crippen molar-refractivity contribution in [2.75, 3.05) is 12.4 Å². The van der Waals surface area contributed by atoms with E-state index >= 15 is 0 Å². The summed E-state index contributed by atoms with van der Waals surface area (Å²) >= 11 is 9.51. The van der Waals surface area contributed by atoms with E-state index in [1.54, 1.807) is 0 Å². The number of rotatable bonds is 5. The summed E-state index contributed by atoms with van der Waals surface area (Å²) in [7, 11) is 1.82. The number of pyridine rings is 1. The third-order valence-electron chi connectivity index (χ3n) is 2.57. The first-order valence-electron chi connectivity index (χ1n) is 5.84. The number of anilines is 1. The second-order valence-corrected chi connectivity index (χ2v) is 5.32. The highest BCUT2D eigenvalue weighted by Gasteiger charge is 2.04. The minimum absolute atomic E-state index is 0.390. The lowest BCUT2D eigenvalue weighted by molar-refractivity contribution is 0.105. The van der Waals surface area contributed by atoms with Gasteiger partial charge in [0.05, 0.1) is 23.9 Å². The quantitative estimate of drug-likeness (QED) is 0.882. The van der Waals surface area contributed by atoms with Crippen LogP contribution in [-0.4, -0.2) is 12.0 Å². The van der Waals surface area contributed by atoms with Crippen LogP contribution >= 0.6 is 27.5 Å². The molecule has 2 rings (SSSR count). The van der Waals surface area contributed by atoms with Crippen molar-refractivity contribution in [2.24, 2.45) is 0 Å². The fourth-order valence-electron chi connectivity index (χ4n) is 1.62. The van der Waals surface area contributed by atoms with Crippen LogP contribution in [0.3, 0.4) is 0 Å². The van der Waals surface area contributed by atoms with Gasteiger partial charge in [0.1, 0.15) is 5.82 Å². The highest BCUT2D eigenvalue weighted by atomic mass is 79.9. The third-order valence-corrected chi connectivity index (χ3v) is 3.41. The van der Waals surface area contributed by atoms with E-state index in [0.717, 1.165) is 21.5 Å². The molecule has 100 valence electrons. The van der Waals surface area contributed by atoms with Crippen LogP contribution in [0.1, 0.15) is 11.3 Å². The Morgan fingerprint density at radius 1 is 1.26 bits per heavy atom. The first-order chi connectivity index (χ1) is 9.19. The zero-order chi connectivity index (χ0) is 13.7. The van der Waals surface area contributed by atoms with Crippen LogP contribution in [0.5, 0.6) is 0 Å². The molecule has 0 amide bonds. The predicted octanol–water partition coefficient (Wildman–Crippen LogP) is 4.26. The predicted molar refractivity (Wildman–Crippen MR) is 81.4 cm³/mol. The molecule has 1 N–H and O–H groups in total. The van der Waals surface area contributed by atoms with Gasteiger partial charge < -0.3 is 10.1 Å². The van der Waals surface area contributed by atoms with Gasteiger partial charge in [0.2, 0.25) is 0 Å². The Kier molecular flexibility index (Phi) is 5.19. The minimum Gasteiger partial charge on any atom is -0.373 e. The fourth-order valence-corrected chi connectivity index (χ4v) is 2.22. The summed E-state index contributed by atoms with van der Waals surface area (Å²) in [6.07, 6.45) is 0. The van der Waals surface area contributed by atoms with Crippen LogP contribution in [0.2, 0.25) is 5.02 Å². The van der Waals surface area contributed by atoms with Gasteiger partial charge in [0, 0.05) is 11.5 Å². The van der Waals surface area contributed by atoms with E-state index in [-0.39, 0.29) is 0 Å². The Balaban J connectivity index is 1.95. The lowest BCUT2D eigenvalue weighted by Crippen LogP contribution is -2.00. The number of nitrogens with one attached hydrogen (secondary N) is 1. The smallest absolute Gasteiger partial charge is 0.126 e. The standard InChI is InChI=1S/C14H14BrClN2O/c1-17-14-6-5-12(16)13(18-14)9-19-8-10-3-2-4-11(15)7-10/h2-7H,8-9H2,1H3,(H,17,18). The molecule has 1 heterocycles. The van der Waals surface area contributed by atoms with E-state index in [9.17, 15) is 0 Å². The molecule has 1 aromatic heterocycles. The van der Waals surface area contributed by atoms with Crippen LogP contribution in [0.4, 0.5) is 5.82 Å². The molecular weight excluding hydrogens is 328 g/mol.